The van der Waals surface area contributed by atoms with Crippen molar-refractivity contribution < 1.29 is 18.3 Å². The van der Waals surface area contributed by atoms with E-state index in [1.54, 1.807) is 30.5 Å². The van der Waals surface area contributed by atoms with Gasteiger partial charge in [-0.3, -0.25) is 0 Å². The van der Waals surface area contributed by atoms with Gasteiger partial charge in [-0.15, -0.1) is 12.4 Å². The van der Waals surface area contributed by atoms with Crippen molar-refractivity contribution in [2.45, 2.75) is 12.8 Å². The minimum absolute atomic E-state index is 0. The lowest BCUT2D eigenvalue weighted by Crippen LogP contribution is -2.30. The summed E-state index contributed by atoms with van der Waals surface area (Å²) in [4.78, 5) is 8.75. The van der Waals surface area contributed by atoms with E-state index in [0.29, 0.717) is 29.4 Å². The van der Waals surface area contributed by atoms with E-state index in [4.69, 9.17) is 14.7 Å². The maximum Gasteiger partial charge on any atom is 0.232 e. The Bertz CT molecular complexity index is 1080. The van der Waals surface area contributed by atoms with Gasteiger partial charge in [-0.25, -0.2) is 18.7 Å². The van der Waals surface area contributed by atoms with Crippen molar-refractivity contribution >= 4 is 23.4 Å². The first-order valence-electron chi connectivity index (χ1n) is 9.30. The smallest absolute Gasteiger partial charge is 0.232 e. The molecule has 1 aromatic heterocycles. The largest absolute Gasteiger partial charge is 0.476 e. The Morgan fingerprint density at radius 3 is 2.63 bits per heavy atom. The van der Waals surface area contributed by atoms with Crippen LogP contribution in [-0.4, -0.2) is 29.7 Å². The fraction of sp³-hybridized carbons (Fsp3) is 0.286. The van der Waals surface area contributed by atoms with E-state index in [9.17, 15) is 8.78 Å². The van der Waals surface area contributed by atoms with E-state index in [2.05, 4.69) is 15.3 Å². The van der Waals surface area contributed by atoms with Crippen molar-refractivity contribution in [1.82, 2.24) is 15.3 Å². The van der Waals surface area contributed by atoms with Crippen molar-refractivity contribution in [3.8, 4) is 23.4 Å². The molecule has 2 heterocycles. The molecule has 0 bridgehead atoms. The number of nitrogens with zero attached hydrogens (tertiary/aromatic N) is 3. The van der Waals surface area contributed by atoms with Gasteiger partial charge in [0.15, 0.2) is 11.6 Å². The third-order valence-electron chi connectivity index (χ3n) is 4.81. The van der Waals surface area contributed by atoms with E-state index < -0.39 is 22.9 Å². The first kappa shape index (κ1) is 21.7. The van der Waals surface area contributed by atoms with Gasteiger partial charge in [0.2, 0.25) is 5.88 Å². The number of benzene rings is 2. The molecule has 0 amide bonds. The molecule has 156 valence electrons. The second kappa shape index (κ2) is 9.65. The second-order valence-corrected chi connectivity index (χ2v) is 6.81. The van der Waals surface area contributed by atoms with E-state index in [1.165, 1.54) is 0 Å². The third kappa shape index (κ3) is 4.75. The molecule has 0 unspecified atom stereocenters. The Kier molecular flexibility index (Phi) is 6.98. The van der Waals surface area contributed by atoms with E-state index in [1.807, 2.05) is 0 Å². The van der Waals surface area contributed by atoms with Crippen molar-refractivity contribution in [2.24, 2.45) is 5.92 Å². The average Bonchev–Trinajstić information content (AvgIpc) is 2.75. The highest BCUT2D eigenvalue weighted by Gasteiger charge is 2.17. The molecule has 1 N–H and O–H groups in total. The summed E-state index contributed by atoms with van der Waals surface area (Å²) in [5.74, 6) is -1.06. The first-order valence-corrected chi connectivity index (χ1v) is 9.30. The summed E-state index contributed by atoms with van der Waals surface area (Å²) < 4.78 is 39.1. The summed E-state index contributed by atoms with van der Waals surface area (Å²) in [5.41, 5.74) is 0.600. The molecule has 0 spiro atoms. The van der Waals surface area contributed by atoms with Gasteiger partial charge >= 0.3 is 0 Å². The Balaban J connectivity index is 0.00000256. The van der Waals surface area contributed by atoms with Crippen LogP contribution in [-0.2, 0) is 0 Å². The van der Waals surface area contributed by atoms with E-state index in [0.717, 1.165) is 38.1 Å². The zero-order valence-electron chi connectivity index (χ0n) is 15.9. The van der Waals surface area contributed by atoms with E-state index >= 15 is 0 Å². The number of nitriles is 1. The second-order valence-electron chi connectivity index (χ2n) is 6.81. The van der Waals surface area contributed by atoms with Gasteiger partial charge < -0.3 is 14.8 Å². The SMILES string of the molecule is Cl.N#Cc1c(F)ccc(F)c1Oc1ccc2ncc(OCC3CCNCC3)nc2c1. The fourth-order valence-electron chi connectivity index (χ4n) is 3.21. The zero-order chi connectivity index (χ0) is 20.2. The van der Waals surface area contributed by atoms with Crippen LogP contribution in [0.3, 0.4) is 0 Å². The van der Waals surface area contributed by atoms with Crippen LogP contribution >= 0.6 is 12.4 Å². The van der Waals surface area contributed by atoms with Crippen molar-refractivity contribution in [3.05, 3.63) is 53.7 Å². The van der Waals surface area contributed by atoms with Crippen LogP contribution in [0.25, 0.3) is 11.0 Å². The zero-order valence-corrected chi connectivity index (χ0v) is 16.7. The predicted molar refractivity (Wildman–Crippen MR) is 109 cm³/mol. The van der Waals surface area contributed by atoms with Gasteiger partial charge in [-0.2, -0.15) is 5.26 Å². The lowest BCUT2D eigenvalue weighted by Gasteiger charge is -2.22. The summed E-state index contributed by atoms with van der Waals surface area (Å²) in [6.45, 7) is 2.54. The predicted octanol–water partition coefficient (Wildman–Crippen LogP) is 4.37. The molecule has 4 rings (SSSR count). The summed E-state index contributed by atoms with van der Waals surface area (Å²) in [5, 5.41) is 12.4. The molecule has 0 atom stereocenters. The standard InChI is InChI=1S/C21H18F2N4O2.ClH/c22-16-2-3-17(23)21(15(16)10-24)29-14-1-4-18-19(9-14)27-20(11-26-18)28-12-13-5-7-25-8-6-13;/h1-4,9,11,13,25H,5-8,12H2;1H. The van der Waals surface area contributed by atoms with Crippen LogP contribution in [0.1, 0.15) is 18.4 Å². The molecule has 1 saturated heterocycles. The molecule has 9 heteroatoms. The highest BCUT2D eigenvalue weighted by molar-refractivity contribution is 5.85. The van der Waals surface area contributed by atoms with Crippen LogP contribution in [0.5, 0.6) is 17.4 Å². The monoisotopic (exact) mass is 432 g/mol. The van der Waals surface area contributed by atoms with Crippen LogP contribution in [0, 0.1) is 28.9 Å². The number of nitrogens with one attached hydrogen (secondary N) is 1. The number of rotatable bonds is 5. The normalized spacial score (nSPS) is 14.0. The van der Waals surface area contributed by atoms with Gasteiger partial charge in [0, 0.05) is 6.07 Å². The Morgan fingerprint density at radius 1 is 1.10 bits per heavy atom. The third-order valence-corrected chi connectivity index (χ3v) is 4.81. The maximum atomic E-state index is 14.1. The molecule has 1 aliphatic rings. The Hall–Kier alpha value is -3.02. The molecule has 3 aromatic rings. The van der Waals surface area contributed by atoms with Gasteiger partial charge in [0.25, 0.3) is 0 Å². The lowest BCUT2D eigenvalue weighted by atomic mass is 9.99. The Morgan fingerprint density at radius 2 is 1.87 bits per heavy atom. The molecule has 2 aromatic carbocycles. The van der Waals surface area contributed by atoms with Crippen molar-refractivity contribution in [3.63, 3.8) is 0 Å². The number of hydrogen-bond acceptors (Lipinski definition) is 6. The molecule has 1 fully saturated rings. The number of aromatic nitrogens is 2. The molecule has 30 heavy (non-hydrogen) atoms. The molecule has 6 nitrogen and oxygen atoms in total. The minimum atomic E-state index is -0.849. The van der Waals surface area contributed by atoms with Crippen molar-refractivity contribution in [2.75, 3.05) is 19.7 Å². The summed E-state index contributed by atoms with van der Waals surface area (Å²) >= 11 is 0. The van der Waals surface area contributed by atoms with Gasteiger partial charge in [0.05, 0.1) is 23.8 Å². The van der Waals surface area contributed by atoms with Crippen LogP contribution in [0.2, 0.25) is 0 Å². The number of halogens is 3. The number of fused-ring (bicyclic) bond motifs is 1. The van der Waals surface area contributed by atoms with Crippen LogP contribution in [0.4, 0.5) is 8.78 Å². The molecular formula is C21H19ClF2N4O2. The fourth-order valence-corrected chi connectivity index (χ4v) is 3.21. The lowest BCUT2D eigenvalue weighted by molar-refractivity contribution is 0.209. The highest BCUT2D eigenvalue weighted by Crippen LogP contribution is 2.31. The minimum Gasteiger partial charge on any atom is -0.476 e. The number of piperidine rings is 1. The quantitative estimate of drug-likeness (QED) is 0.644. The van der Waals surface area contributed by atoms with Crippen LogP contribution in [0.15, 0.2) is 36.5 Å². The van der Waals surface area contributed by atoms with Gasteiger partial charge in [0.1, 0.15) is 23.2 Å². The summed E-state index contributed by atoms with van der Waals surface area (Å²) in [7, 11) is 0. The first-order chi connectivity index (χ1) is 14.1. The number of hydrogen-bond donors (Lipinski definition) is 1. The molecular weight excluding hydrogens is 414 g/mol. The average molecular weight is 433 g/mol. The number of ether oxygens (including phenoxy) is 2. The van der Waals surface area contributed by atoms with Crippen molar-refractivity contribution in [1.29, 1.82) is 5.26 Å². The summed E-state index contributed by atoms with van der Waals surface area (Å²) in [6.07, 6.45) is 3.67. The van der Waals surface area contributed by atoms with Crippen LogP contribution < -0.4 is 14.8 Å². The molecule has 0 aliphatic carbocycles. The van der Waals surface area contributed by atoms with Gasteiger partial charge in [-0.1, -0.05) is 0 Å². The highest BCUT2D eigenvalue weighted by atomic mass is 35.5. The topological polar surface area (TPSA) is 80.1 Å². The maximum absolute atomic E-state index is 14.1. The van der Waals surface area contributed by atoms with E-state index in [-0.39, 0.29) is 18.2 Å². The molecule has 1 aliphatic heterocycles. The molecule has 0 saturated carbocycles. The summed E-state index contributed by atoms with van der Waals surface area (Å²) in [6, 6.07) is 8.18. The Labute approximate surface area is 178 Å². The van der Waals surface area contributed by atoms with Gasteiger partial charge in [-0.05, 0) is 56.1 Å². The molecule has 0 radical (unpaired) electrons.